The minimum absolute atomic E-state index is 0.211. The van der Waals surface area contributed by atoms with E-state index in [1.807, 2.05) is 6.92 Å². The average Bonchev–Trinajstić information content (AvgIpc) is 2.66. The number of ether oxygens (including phenoxy) is 1. The van der Waals surface area contributed by atoms with E-state index >= 15 is 0 Å². The van der Waals surface area contributed by atoms with Gasteiger partial charge in [0.25, 0.3) is 0 Å². The number of carbonyl (C=O) groups excluding carboxylic acids is 1. The van der Waals surface area contributed by atoms with Crippen LogP contribution in [0.1, 0.15) is 64.7 Å². The Morgan fingerprint density at radius 1 is 1.20 bits per heavy atom. The predicted octanol–water partition coefficient (Wildman–Crippen LogP) is 2.45. The third-order valence-electron chi connectivity index (χ3n) is 5.18. The zero-order valence-corrected chi connectivity index (χ0v) is 13.1. The maximum absolute atomic E-state index is 12.0. The highest BCUT2D eigenvalue weighted by Gasteiger charge is 2.45. The summed E-state index contributed by atoms with van der Waals surface area (Å²) in [7, 11) is 2.22. The Kier molecular flexibility index (Phi) is 5.44. The molecular formula is C16H30N2O2. The zero-order valence-electron chi connectivity index (χ0n) is 13.1. The van der Waals surface area contributed by atoms with Gasteiger partial charge < -0.3 is 15.4 Å². The average molecular weight is 282 g/mol. The molecule has 2 rings (SSSR count). The van der Waals surface area contributed by atoms with E-state index in [-0.39, 0.29) is 5.97 Å². The lowest BCUT2D eigenvalue weighted by Crippen LogP contribution is -2.49. The van der Waals surface area contributed by atoms with Gasteiger partial charge in [-0.3, -0.25) is 4.79 Å². The Hall–Kier alpha value is -0.610. The minimum atomic E-state index is -0.750. The first-order chi connectivity index (χ1) is 9.57. The molecular weight excluding hydrogens is 252 g/mol. The Bertz CT molecular complexity index is 326. The van der Waals surface area contributed by atoms with Crippen LogP contribution in [0.3, 0.4) is 0 Å². The van der Waals surface area contributed by atoms with E-state index in [0.29, 0.717) is 18.7 Å². The molecule has 2 aliphatic rings. The topological polar surface area (TPSA) is 55.6 Å². The Morgan fingerprint density at radius 2 is 1.85 bits per heavy atom. The van der Waals surface area contributed by atoms with Crippen LogP contribution in [0.15, 0.2) is 0 Å². The van der Waals surface area contributed by atoms with E-state index in [2.05, 4.69) is 11.9 Å². The summed E-state index contributed by atoms with van der Waals surface area (Å²) in [4.78, 5) is 14.5. The van der Waals surface area contributed by atoms with Crippen molar-refractivity contribution in [2.75, 3.05) is 13.7 Å². The molecule has 20 heavy (non-hydrogen) atoms. The van der Waals surface area contributed by atoms with Gasteiger partial charge in [0.05, 0.1) is 6.61 Å². The van der Waals surface area contributed by atoms with Crippen LogP contribution in [-0.2, 0) is 9.53 Å². The largest absolute Gasteiger partial charge is 0.465 e. The zero-order chi connectivity index (χ0) is 14.6. The first-order valence-corrected chi connectivity index (χ1v) is 8.25. The van der Waals surface area contributed by atoms with E-state index < -0.39 is 5.54 Å². The number of hydrogen-bond donors (Lipinski definition) is 1. The summed E-state index contributed by atoms with van der Waals surface area (Å²) in [6.45, 7) is 2.26. The standard InChI is InChI=1S/C16H30N2O2/c1-3-20-15(19)16(17)11-10-14(12-16)18(2)13-8-6-4-5-7-9-13/h13-14H,3-12,17H2,1-2H3. The molecule has 2 N–H and O–H groups in total. The minimum Gasteiger partial charge on any atom is -0.465 e. The summed E-state index contributed by atoms with van der Waals surface area (Å²) >= 11 is 0. The van der Waals surface area contributed by atoms with Gasteiger partial charge in [-0.15, -0.1) is 0 Å². The van der Waals surface area contributed by atoms with Crippen LogP contribution in [0.4, 0.5) is 0 Å². The fraction of sp³-hybridized carbons (Fsp3) is 0.938. The van der Waals surface area contributed by atoms with E-state index in [4.69, 9.17) is 10.5 Å². The fourth-order valence-electron chi connectivity index (χ4n) is 3.82. The van der Waals surface area contributed by atoms with E-state index in [9.17, 15) is 4.79 Å². The fourth-order valence-corrected chi connectivity index (χ4v) is 3.82. The van der Waals surface area contributed by atoms with Crippen LogP contribution < -0.4 is 5.73 Å². The number of nitrogens with two attached hydrogens (primary N) is 1. The van der Waals surface area contributed by atoms with E-state index in [1.54, 1.807) is 0 Å². The van der Waals surface area contributed by atoms with Gasteiger partial charge in [0.15, 0.2) is 0 Å². The molecule has 2 unspecified atom stereocenters. The monoisotopic (exact) mass is 282 g/mol. The smallest absolute Gasteiger partial charge is 0.326 e. The second-order valence-corrected chi connectivity index (χ2v) is 6.58. The maximum Gasteiger partial charge on any atom is 0.326 e. The van der Waals surface area contributed by atoms with Gasteiger partial charge >= 0.3 is 5.97 Å². The third-order valence-corrected chi connectivity index (χ3v) is 5.18. The second-order valence-electron chi connectivity index (χ2n) is 6.58. The molecule has 116 valence electrons. The van der Waals surface area contributed by atoms with Crippen LogP contribution in [0.5, 0.6) is 0 Å². The van der Waals surface area contributed by atoms with Crippen molar-refractivity contribution in [2.45, 2.75) is 82.3 Å². The van der Waals surface area contributed by atoms with Gasteiger partial charge in [-0.2, -0.15) is 0 Å². The molecule has 2 aliphatic carbocycles. The highest BCUT2D eigenvalue weighted by Crippen LogP contribution is 2.34. The number of carbonyl (C=O) groups is 1. The molecule has 0 aromatic rings. The summed E-state index contributed by atoms with van der Waals surface area (Å²) in [5.41, 5.74) is 5.53. The van der Waals surface area contributed by atoms with Crippen LogP contribution >= 0.6 is 0 Å². The van der Waals surface area contributed by atoms with Crippen molar-refractivity contribution in [1.82, 2.24) is 4.90 Å². The van der Waals surface area contributed by atoms with Gasteiger partial charge in [0.1, 0.15) is 5.54 Å². The molecule has 0 heterocycles. The first kappa shape index (κ1) is 15.8. The molecule has 0 aromatic heterocycles. The molecule has 4 heteroatoms. The quantitative estimate of drug-likeness (QED) is 0.635. The normalized spacial score (nSPS) is 32.3. The van der Waals surface area contributed by atoms with Crippen LogP contribution in [0.25, 0.3) is 0 Å². The van der Waals surface area contributed by atoms with Gasteiger partial charge in [0.2, 0.25) is 0 Å². The number of rotatable bonds is 4. The van der Waals surface area contributed by atoms with Crippen LogP contribution in [0.2, 0.25) is 0 Å². The number of nitrogens with zero attached hydrogens (tertiary/aromatic N) is 1. The second kappa shape index (κ2) is 6.90. The predicted molar refractivity (Wildman–Crippen MR) is 80.4 cm³/mol. The van der Waals surface area contributed by atoms with Crippen LogP contribution in [0, 0.1) is 0 Å². The van der Waals surface area contributed by atoms with Crippen molar-refractivity contribution < 1.29 is 9.53 Å². The summed E-state index contributed by atoms with van der Waals surface area (Å²) in [5, 5.41) is 0. The first-order valence-electron chi connectivity index (χ1n) is 8.25. The Labute approximate surface area is 123 Å². The summed E-state index contributed by atoms with van der Waals surface area (Å²) in [5.74, 6) is -0.211. The lowest BCUT2D eigenvalue weighted by molar-refractivity contribution is -0.149. The molecule has 2 fully saturated rings. The van der Waals surface area contributed by atoms with Crippen molar-refractivity contribution in [3.63, 3.8) is 0 Å². The summed E-state index contributed by atoms with van der Waals surface area (Å²) < 4.78 is 5.14. The number of esters is 1. The maximum atomic E-state index is 12.0. The Morgan fingerprint density at radius 3 is 2.45 bits per heavy atom. The van der Waals surface area contributed by atoms with Crippen molar-refractivity contribution >= 4 is 5.97 Å². The van der Waals surface area contributed by atoms with E-state index in [0.717, 1.165) is 19.3 Å². The molecule has 4 nitrogen and oxygen atoms in total. The third kappa shape index (κ3) is 3.53. The molecule has 2 atom stereocenters. The SMILES string of the molecule is CCOC(=O)C1(N)CCC(N(C)C2CCCCCC2)C1. The molecule has 2 saturated carbocycles. The van der Waals surface area contributed by atoms with Crippen molar-refractivity contribution in [3.8, 4) is 0 Å². The van der Waals surface area contributed by atoms with Crippen LogP contribution in [-0.4, -0.2) is 42.1 Å². The molecule has 0 amide bonds. The van der Waals surface area contributed by atoms with Gasteiger partial charge in [-0.25, -0.2) is 0 Å². The Balaban J connectivity index is 1.92. The van der Waals surface area contributed by atoms with Crippen molar-refractivity contribution in [1.29, 1.82) is 0 Å². The summed E-state index contributed by atoms with van der Waals surface area (Å²) in [6.07, 6.45) is 10.5. The van der Waals surface area contributed by atoms with Gasteiger partial charge in [-0.05, 0) is 46.1 Å². The molecule has 0 aromatic carbocycles. The van der Waals surface area contributed by atoms with Gasteiger partial charge in [-0.1, -0.05) is 25.7 Å². The summed E-state index contributed by atoms with van der Waals surface area (Å²) in [6, 6.07) is 1.11. The van der Waals surface area contributed by atoms with Gasteiger partial charge in [0, 0.05) is 12.1 Å². The highest BCUT2D eigenvalue weighted by molar-refractivity contribution is 5.81. The molecule has 0 radical (unpaired) electrons. The van der Waals surface area contributed by atoms with Crippen molar-refractivity contribution in [2.24, 2.45) is 5.73 Å². The van der Waals surface area contributed by atoms with E-state index in [1.165, 1.54) is 38.5 Å². The molecule has 0 saturated heterocycles. The molecule has 0 spiro atoms. The molecule has 0 bridgehead atoms. The number of hydrogen-bond acceptors (Lipinski definition) is 4. The lowest BCUT2D eigenvalue weighted by Gasteiger charge is -2.33. The molecule has 0 aliphatic heterocycles. The lowest BCUT2D eigenvalue weighted by atomic mass is 9.98. The van der Waals surface area contributed by atoms with Crippen molar-refractivity contribution in [3.05, 3.63) is 0 Å². The highest BCUT2D eigenvalue weighted by atomic mass is 16.5.